The van der Waals surface area contributed by atoms with Crippen LogP contribution in [0.25, 0.3) is 0 Å². The molecule has 2 aromatic carbocycles. The maximum absolute atomic E-state index is 14.2. The van der Waals surface area contributed by atoms with Crippen LogP contribution in [0, 0.1) is 0 Å². The van der Waals surface area contributed by atoms with E-state index in [4.69, 9.17) is 4.74 Å². The second-order valence-corrected chi connectivity index (χ2v) is 6.41. The van der Waals surface area contributed by atoms with Gasteiger partial charge in [-0.2, -0.15) is 13.2 Å². The predicted molar refractivity (Wildman–Crippen MR) is 106 cm³/mol. The van der Waals surface area contributed by atoms with E-state index in [1.54, 1.807) is 5.32 Å². The number of hydrogen-bond acceptors (Lipinski definition) is 6. The fraction of sp³-hybridized carbons (Fsp3) is 0.286. The average molecular weight is 438 g/mol. The van der Waals surface area contributed by atoms with Crippen molar-refractivity contribution >= 4 is 23.3 Å². The molecule has 1 amide bonds. The molecule has 0 saturated carbocycles. The van der Waals surface area contributed by atoms with Crippen molar-refractivity contribution in [3.8, 4) is 5.75 Å². The van der Waals surface area contributed by atoms with Crippen LogP contribution < -0.4 is 15.4 Å². The van der Waals surface area contributed by atoms with Gasteiger partial charge in [-0.25, -0.2) is 4.79 Å². The van der Waals surface area contributed by atoms with Crippen molar-refractivity contribution < 1.29 is 37.0 Å². The number of esters is 1. The van der Waals surface area contributed by atoms with Gasteiger partial charge in [0.05, 0.1) is 13.7 Å². The summed E-state index contributed by atoms with van der Waals surface area (Å²) in [5, 5.41) is 3.78. The molecule has 0 unspecified atom stereocenters. The number of amides is 1. The van der Waals surface area contributed by atoms with Gasteiger partial charge in [0.2, 0.25) is 0 Å². The first kappa shape index (κ1) is 23.7. The van der Waals surface area contributed by atoms with Gasteiger partial charge in [-0.05, 0) is 62.4 Å². The van der Waals surface area contributed by atoms with Crippen molar-refractivity contribution in [1.29, 1.82) is 0 Å². The highest BCUT2D eigenvalue weighted by molar-refractivity contribution is 5.99. The quantitative estimate of drug-likeness (QED) is 0.372. The molecular formula is C21H21F3N2O5. The molecule has 0 aliphatic carbocycles. The minimum Gasteiger partial charge on any atom is -0.497 e. The number of Topliss-reactive ketones (excluding diaryl/α,β-unsaturated/α-hetero) is 1. The minimum atomic E-state index is -5.28. The molecule has 0 aliphatic heterocycles. The lowest BCUT2D eigenvalue weighted by molar-refractivity contribution is -0.204. The summed E-state index contributed by atoms with van der Waals surface area (Å²) >= 11 is 0. The van der Waals surface area contributed by atoms with Crippen molar-refractivity contribution in [2.45, 2.75) is 25.7 Å². The van der Waals surface area contributed by atoms with E-state index in [1.807, 2.05) is 5.32 Å². The third-order valence-electron chi connectivity index (χ3n) is 4.28. The maximum atomic E-state index is 14.2. The number of alkyl halides is 3. The van der Waals surface area contributed by atoms with Gasteiger partial charge in [-0.15, -0.1) is 0 Å². The molecule has 0 aromatic heterocycles. The number of rotatable bonds is 8. The van der Waals surface area contributed by atoms with Gasteiger partial charge in [-0.1, -0.05) is 0 Å². The third-order valence-corrected chi connectivity index (χ3v) is 4.28. The molecule has 0 fully saturated rings. The van der Waals surface area contributed by atoms with E-state index < -0.39 is 23.7 Å². The zero-order valence-corrected chi connectivity index (χ0v) is 17.0. The third kappa shape index (κ3) is 5.33. The van der Waals surface area contributed by atoms with Crippen LogP contribution in [0.4, 0.5) is 18.9 Å². The van der Waals surface area contributed by atoms with E-state index in [2.05, 4.69) is 4.74 Å². The Labute approximate surface area is 176 Å². The van der Waals surface area contributed by atoms with E-state index in [0.717, 1.165) is 0 Å². The number of hydrogen-bond donors (Lipinski definition) is 2. The highest BCUT2D eigenvalue weighted by atomic mass is 19.4. The standard InChI is InChI=1S/C21H21F3N2O5/c1-4-31-19(29)20(21(22,23)24,25-16-9-5-14(6-10-16)13(2)27)26-18(28)15-7-11-17(30-3)12-8-15/h5-12,25H,4H2,1-3H3,(H,26,28)/t20-/m0/s1. The molecule has 0 saturated heterocycles. The molecule has 0 spiro atoms. The van der Waals surface area contributed by atoms with Gasteiger partial charge in [0, 0.05) is 16.8 Å². The van der Waals surface area contributed by atoms with Crippen LogP contribution in [0.5, 0.6) is 5.75 Å². The maximum Gasteiger partial charge on any atom is 0.441 e. The second kappa shape index (κ2) is 9.50. The molecule has 1 atom stereocenters. The summed E-state index contributed by atoms with van der Waals surface area (Å²) in [6.07, 6.45) is -5.28. The summed E-state index contributed by atoms with van der Waals surface area (Å²) in [6, 6.07) is 10.3. The molecule has 0 radical (unpaired) electrons. The summed E-state index contributed by atoms with van der Waals surface area (Å²) in [5.41, 5.74) is -3.60. The molecule has 2 N–H and O–H groups in total. The Morgan fingerprint density at radius 3 is 1.94 bits per heavy atom. The summed E-state index contributed by atoms with van der Waals surface area (Å²) in [4.78, 5) is 36.5. The van der Waals surface area contributed by atoms with Crippen molar-refractivity contribution in [2.24, 2.45) is 0 Å². The normalized spacial score (nSPS) is 13.0. The van der Waals surface area contributed by atoms with Crippen LogP contribution in [0.15, 0.2) is 48.5 Å². The lowest BCUT2D eigenvalue weighted by Gasteiger charge is -2.35. The number of halogens is 3. The predicted octanol–water partition coefficient (Wildman–Crippen LogP) is 3.56. The number of carbonyl (C=O) groups is 3. The molecule has 2 aromatic rings. The first-order valence-corrected chi connectivity index (χ1v) is 9.13. The van der Waals surface area contributed by atoms with Crippen molar-refractivity contribution in [3.63, 3.8) is 0 Å². The molecule has 0 heterocycles. The van der Waals surface area contributed by atoms with Gasteiger partial charge < -0.3 is 20.1 Å². The monoisotopic (exact) mass is 438 g/mol. The molecule has 7 nitrogen and oxygen atoms in total. The van der Waals surface area contributed by atoms with Crippen molar-refractivity contribution in [1.82, 2.24) is 5.32 Å². The van der Waals surface area contributed by atoms with E-state index in [0.29, 0.717) is 5.75 Å². The molecule has 0 bridgehead atoms. The SMILES string of the molecule is CCOC(=O)[C@@](NC(=O)c1ccc(OC)cc1)(Nc1ccc(C(C)=O)cc1)C(F)(F)F. The van der Waals surface area contributed by atoms with Gasteiger partial charge in [0.25, 0.3) is 5.91 Å². The summed E-state index contributed by atoms with van der Waals surface area (Å²) < 4.78 is 52.1. The van der Waals surface area contributed by atoms with Gasteiger partial charge in [0.15, 0.2) is 5.78 Å². The molecule has 31 heavy (non-hydrogen) atoms. The molecule has 166 valence electrons. The van der Waals surface area contributed by atoms with Crippen LogP contribution >= 0.6 is 0 Å². The number of ether oxygens (including phenoxy) is 2. The topological polar surface area (TPSA) is 93.7 Å². The minimum absolute atomic E-state index is 0.132. The summed E-state index contributed by atoms with van der Waals surface area (Å²) in [6.45, 7) is 2.29. The largest absolute Gasteiger partial charge is 0.497 e. The Morgan fingerprint density at radius 1 is 0.935 bits per heavy atom. The van der Waals surface area contributed by atoms with E-state index in [-0.39, 0.29) is 29.2 Å². The fourth-order valence-corrected chi connectivity index (χ4v) is 2.62. The van der Waals surface area contributed by atoms with Crippen LogP contribution in [-0.4, -0.2) is 43.2 Å². The molecule has 10 heteroatoms. The number of carbonyl (C=O) groups excluding carboxylic acids is 3. The Hall–Kier alpha value is -3.56. The van der Waals surface area contributed by atoms with E-state index >= 15 is 0 Å². The highest BCUT2D eigenvalue weighted by Crippen LogP contribution is 2.33. The summed E-state index contributed by atoms with van der Waals surface area (Å²) in [7, 11) is 1.39. The van der Waals surface area contributed by atoms with Crippen molar-refractivity contribution in [2.75, 3.05) is 19.0 Å². The first-order chi connectivity index (χ1) is 14.5. The number of methoxy groups -OCH3 is 1. The van der Waals surface area contributed by atoms with E-state index in [1.165, 1.54) is 69.5 Å². The van der Waals surface area contributed by atoms with Gasteiger partial charge in [0.1, 0.15) is 5.75 Å². The smallest absolute Gasteiger partial charge is 0.441 e. The van der Waals surface area contributed by atoms with E-state index in [9.17, 15) is 27.6 Å². The lowest BCUT2D eigenvalue weighted by Crippen LogP contribution is -2.69. The highest BCUT2D eigenvalue weighted by Gasteiger charge is 2.63. The van der Waals surface area contributed by atoms with Gasteiger partial charge >= 0.3 is 17.8 Å². The second-order valence-electron chi connectivity index (χ2n) is 6.41. The zero-order valence-electron chi connectivity index (χ0n) is 17.0. The van der Waals surface area contributed by atoms with Crippen molar-refractivity contribution in [3.05, 3.63) is 59.7 Å². The Kier molecular flexibility index (Phi) is 7.27. The van der Waals surface area contributed by atoms with Gasteiger partial charge in [-0.3, -0.25) is 9.59 Å². The Balaban J connectivity index is 2.47. The number of ketones is 1. The number of benzene rings is 2. The Morgan fingerprint density at radius 2 is 1.48 bits per heavy atom. The number of nitrogens with one attached hydrogen (secondary N) is 2. The van der Waals surface area contributed by atoms with Crippen LogP contribution in [0.2, 0.25) is 0 Å². The first-order valence-electron chi connectivity index (χ1n) is 9.13. The molecular weight excluding hydrogens is 417 g/mol. The summed E-state index contributed by atoms with van der Waals surface area (Å²) in [5.74, 6) is -2.79. The van der Waals surface area contributed by atoms with Crippen LogP contribution in [-0.2, 0) is 9.53 Å². The number of anilines is 1. The zero-order chi connectivity index (χ0) is 23.2. The fourth-order valence-electron chi connectivity index (χ4n) is 2.62. The average Bonchev–Trinajstić information content (AvgIpc) is 2.72. The lowest BCUT2D eigenvalue weighted by atomic mass is 10.1. The molecule has 0 aliphatic rings. The van der Waals surface area contributed by atoms with Crippen LogP contribution in [0.3, 0.4) is 0 Å². The molecule has 2 rings (SSSR count). The Bertz CT molecular complexity index is 943. The van der Waals surface area contributed by atoms with Crippen LogP contribution in [0.1, 0.15) is 34.6 Å².